The number of benzene rings is 1. The molecule has 1 aromatic carbocycles. The highest BCUT2D eigenvalue weighted by Gasteiger charge is 2.46. The van der Waals surface area contributed by atoms with Crippen molar-refractivity contribution in [1.29, 1.82) is 0 Å². The minimum Gasteiger partial charge on any atom is -0.387 e. The van der Waals surface area contributed by atoms with Crippen molar-refractivity contribution < 1.29 is 22.8 Å². The van der Waals surface area contributed by atoms with Crippen LogP contribution >= 0.6 is 0 Å². The van der Waals surface area contributed by atoms with Crippen LogP contribution in [0.3, 0.4) is 0 Å². The number of hydrogen-bond donors (Lipinski definition) is 0. The molecule has 1 saturated heterocycles. The number of hydrogen-bond acceptors (Lipinski definition) is 3. The Morgan fingerprint density at radius 2 is 2.04 bits per heavy atom. The minimum absolute atomic E-state index is 0.295. The third-order valence-corrected chi connectivity index (χ3v) is 4.24. The Morgan fingerprint density at radius 3 is 2.74 bits per heavy atom. The molecule has 1 atom stereocenters. The molecule has 1 fully saturated rings. The number of carbonyl (C=O) groups excluding carboxylic acids is 1. The summed E-state index contributed by atoms with van der Waals surface area (Å²) in [6.07, 6.45) is -4.74. The van der Waals surface area contributed by atoms with Gasteiger partial charge < -0.3 is 9.74 Å². The molecule has 0 N–H and O–H groups in total. The molecule has 7 heteroatoms. The molecule has 0 bridgehead atoms. The Labute approximate surface area is 131 Å². The SMILES string of the molecule is O=C(CCC(F)(F)F)N1CCC2(CC(c3ccccc3)=NO2)C1. The molecule has 1 unspecified atom stereocenters. The topological polar surface area (TPSA) is 41.9 Å². The van der Waals surface area contributed by atoms with E-state index in [-0.39, 0.29) is 0 Å². The van der Waals surface area contributed by atoms with E-state index < -0.39 is 30.5 Å². The Kier molecular flexibility index (Phi) is 4.04. The van der Waals surface area contributed by atoms with Crippen LogP contribution < -0.4 is 0 Å². The lowest BCUT2D eigenvalue weighted by atomic mass is 9.93. The molecule has 1 aromatic rings. The van der Waals surface area contributed by atoms with Crippen molar-refractivity contribution in [3.05, 3.63) is 35.9 Å². The van der Waals surface area contributed by atoms with E-state index in [1.165, 1.54) is 4.90 Å². The summed E-state index contributed by atoms with van der Waals surface area (Å²) in [5, 5.41) is 4.12. The second kappa shape index (κ2) is 5.86. The third kappa shape index (κ3) is 3.65. The van der Waals surface area contributed by atoms with Gasteiger partial charge in [-0.3, -0.25) is 4.79 Å². The van der Waals surface area contributed by atoms with Crippen LogP contribution in [0.15, 0.2) is 35.5 Å². The molecule has 124 valence electrons. The lowest BCUT2D eigenvalue weighted by Gasteiger charge is -2.22. The van der Waals surface area contributed by atoms with Crippen LogP contribution in [0.5, 0.6) is 0 Å². The molecule has 3 rings (SSSR count). The molecule has 1 amide bonds. The molecule has 0 radical (unpaired) electrons. The van der Waals surface area contributed by atoms with E-state index in [2.05, 4.69) is 5.16 Å². The van der Waals surface area contributed by atoms with Crippen LogP contribution in [0.4, 0.5) is 13.2 Å². The first-order valence-corrected chi connectivity index (χ1v) is 7.52. The summed E-state index contributed by atoms with van der Waals surface area (Å²) in [5.41, 5.74) is 1.19. The summed E-state index contributed by atoms with van der Waals surface area (Å²) in [4.78, 5) is 18.9. The summed E-state index contributed by atoms with van der Waals surface area (Å²) in [7, 11) is 0. The summed E-state index contributed by atoms with van der Waals surface area (Å²) in [6.45, 7) is 0.706. The standard InChI is InChI=1S/C16H17F3N2O2/c17-16(18,19)7-6-14(22)21-9-8-15(11-21)10-13(20-23-15)12-4-2-1-3-5-12/h1-5H,6-11H2. The van der Waals surface area contributed by atoms with Crippen molar-refractivity contribution >= 4 is 11.6 Å². The van der Waals surface area contributed by atoms with Crippen LogP contribution in [-0.4, -0.2) is 41.4 Å². The minimum atomic E-state index is -4.31. The zero-order valence-electron chi connectivity index (χ0n) is 12.5. The first kappa shape index (κ1) is 15.8. The Balaban J connectivity index is 1.57. The number of likely N-dealkylation sites (tertiary alicyclic amines) is 1. The Bertz CT molecular complexity index is 616. The monoisotopic (exact) mass is 326 g/mol. The van der Waals surface area contributed by atoms with E-state index in [0.29, 0.717) is 25.9 Å². The van der Waals surface area contributed by atoms with Gasteiger partial charge in [0.15, 0.2) is 5.60 Å². The van der Waals surface area contributed by atoms with Crippen molar-refractivity contribution in [1.82, 2.24) is 4.90 Å². The quantitative estimate of drug-likeness (QED) is 0.856. The predicted molar refractivity (Wildman–Crippen MR) is 77.9 cm³/mol. The number of oxime groups is 1. The second-order valence-electron chi connectivity index (χ2n) is 6.04. The lowest BCUT2D eigenvalue weighted by Crippen LogP contribution is -2.36. The van der Waals surface area contributed by atoms with Gasteiger partial charge >= 0.3 is 6.18 Å². The number of rotatable bonds is 3. The van der Waals surface area contributed by atoms with E-state index in [1.54, 1.807) is 0 Å². The third-order valence-electron chi connectivity index (χ3n) is 4.24. The van der Waals surface area contributed by atoms with E-state index in [9.17, 15) is 18.0 Å². The highest BCUT2D eigenvalue weighted by atomic mass is 19.4. The zero-order chi connectivity index (χ0) is 16.5. The summed E-state index contributed by atoms with van der Waals surface area (Å²) >= 11 is 0. The smallest absolute Gasteiger partial charge is 0.387 e. The molecule has 0 aliphatic carbocycles. The fraction of sp³-hybridized carbons (Fsp3) is 0.500. The van der Waals surface area contributed by atoms with Gasteiger partial charge in [0.05, 0.1) is 18.7 Å². The maximum atomic E-state index is 12.2. The summed E-state index contributed by atoms with van der Waals surface area (Å²) in [6, 6.07) is 9.59. The number of alkyl halides is 3. The molecule has 0 aromatic heterocycles. The highest BCUT2D eigenvalue weighted by Crippen LogP contribution is 2.36. The number of carbonyl (C=O) groups is 1. The number of amides is 1. The van der Waals surface area contributed by atoms with Crippen LogP contribution in [0, 0.1) is 0 Å². The first-order valence-electron chi connectivity index (χ1n) is 7.52. The summed E-state index contributed by atoms with van der Waals surface area (Å²) in [5.74, 6) is -0.476. The molecule has 4 nitrogen and oxygen atoms in total. The van der Waals surface area contributed by atoms with Crippen LogP contribution in [-0.2, 0) is 9.63 Å². The van der Waals surface area contributed by atoms with E-state index in [1.807, 2.05) is 30.3 Å². The van der Waals surface area contributed by atoms with Gasteiger partial charge in [-0.1, -0.05) is 35.5 Å². The van der Waals surface area contributed by atoms with Crippen molar-refractivity contribution in [3.8, 4) is 0 Å². The predicted octanol–water partition coefficient (Wildman–Crippen LogP) is 3.12. The number of nitrogens with zero attached hydrogens (tertiary/aromatic N) is 2. The molecule has 1 spiro atoms. The molecular formula is C16H17F3N2O2. The second-order valence-corrected chi connectivity index (χ2v) is 6.04. The van der Waals surface area contributed by atoms with Gasteiger partial charge in [0, 0.05) is 25.8 Å². The van der Waals surface area contributed by atoms with Crippen molar-refractivity contribution in [2.24, 2.45) is 5.16 Å². The fourth-order valence-corrected chi connectivity index (χ4v) is 2.99. The van der Waals surface area contributed by atoms with Gasteiger partial charge in [-0.15, -0.1) is 0 Å². The van der Waals surface area contributed by atoms with Crippen LogP contribution in [0.2, 0.25) is 0 Å². The van der Waals surface area contributed by atoms with Gasteiger partial charge in [-0.2, -0.15) is 13.2 Å². The zero-order valence-corrected chi connectivity index (χ0v) is 12.5. The highest BCUT2D eigenvalue weighted by molar-refractivity contribution is 6.01. The average molecular weight is 326 g/mol. The van der Waals surface area contributed by atoms with Gasteiger partial charge in [0.1, 0.15) is 0 Å². The molecular weight excluding hydrogens is 309 g/mol. The van der Waals surface area contributed by atoms with Gasteiger partial charge in [0.25, 0.3) is 0 Å². The van der Waals surface area contributed by atoms with E-state index >= 15 is 0 Å². The van der Waals surface area contributed by atoms with Crippen molar-refractivity contribution in [2.75, 3.05) is 13.1 Å². The van der Waals surface area contributed by atoms with Crippen LogP contribution in [0.1, 0.15) is 31.2 Å². The van der Waals surface area contributed by atoms with Gasteiger partial charge in [-0.25, -0.2) is 0 Å². The number of halogens is 3. The van der Waals surface area contributed by atoms with Gasteiger partial charge in [0.2, 0.25) is 5.91 Å². The van der Waals surface area contributed by atoms with E-state index in [0.717, 1.165) is 11.3 Å². The Hall–Kier alpha value is -2.05. The van der Waals surface area contributed by atoms with Crippen LogP contribution in [0.25, 0.3) is 0 Å². The average Bonchev–Trinajstić information content (AvgIpc) is 3.13. The fourth-order valence-electron chi connectivity index (χ4n) is 2.99. The molecule has 2 heterocycles. The first-order chi connectivity index (χ1) is 10.9. The molecule has 2 aliphatic rings. The Morgan fingerprint density at radius 1 is 1.30 bits per heavy atom. The summed E-state index contributed by atoms with van der Waals surface area (Å²) < 4.78 is 36.7. The molecule has 23 heavy (non-hydrogen) atoms. The largest absolute Gasteiger partial charge is 0.389 e. The maximum absolute atomic E-state index is 12.2. The maximum Gasteiger partial charge on any atom is 0.389 e. The lowest BCUT2D eigenvalue weighted by molar-refractivity contribution is -0.149. The molecule has 0 saturated carbocycles. The normalized spacial score (nSPS) is 24.0. The van der Waals surface area contributed by atoms with Crippen molar-refractivity contribution in [3.63, 3.8) is 0 Å². The van der Waals surface area contributed by atoms with E-state index in [4.69, 9.17) is 4.84 Å². The van der Waals surface area contributed by atoms with Gasteiger partial charge in [-0.05, 0) is 5.56 Å². The van der Waals surface area contributed by atoms with Crippen molar-refractivity contribution in [2.45, 2.75) is 37.5 Å². The molecule has 2 aliphatic heterocycles.